The molecule has 40 heavy (non-hydrogen) atoms. The summed E-state index contributed by atoms with van der Waals surface area (Å²) in [4.78, 5) is 0. The van der Waals surface area contributed by atoms with Crippen LogP contribution >= 0.6 is 43.5 Å². The van der Waals surface area contributed by atoms with E-state index < -0.39 is 0 Å². The summed E-state index contributed by atoms with van der Waals surface area (Å²) in [7, 11) is 0. The summed E-state index contributed by atoms with van der Waals surface area (Å²) in [6, 6.07) is 36.6. The molecule has 0 N–H and O–H groups in total. The van der Waals surface area contributed by atoms with Gasteiger partial charge in [0.2, 0.25) is 0 Å². The van der Waals surface area contributed by atoms with Crippen molar-refractivity contribution in [3.63, 3.8) is 0 Å². The highest BCUT2D eigenvalue weighted by atomic mass is 79.9. The first-order valence-electron chi connectivity index (χ1n) is 13.1. The second-order valence-electron chi connectivity index (χ2n) is 10.4. The number of fused-ring (bicyclic) bond motifs is 15. The Balaban J connectivity index is 1.68. The number of halogens is 3. The van der Waals surface area contributed by atoms with E-state index >= 15 is 0 Å². The Morgan fingerprint density at radius 1 is 0.425 bits per heavy atom. The third kappa shape index (κ3) is 2.98. The van der Waals surface area contributed by atoms with Crippen molar-refractivity contribution in [1.29, 1.82) is 0 Å². The van der Waals surface area contributed by atoms with Crippen molar-refractivity contribution in [1.82, 2.24) is 0 Å². The molecule has 0 saturated heterocycles. The van der Waals surface area contributed by atoms with Gasteiger partial charge in [-0.3, -0.25) is 0 Å². The van der Waals surface area contributed by atoms with Crippen molar-refractivity contribution < 1.29 is 4.42 Å². The maximum Gasteiger partial charge on any atom is 0.137 e. The van der Waals surface area contributed by atoms with Crippen LogP contribution in [0.5, 0.6) is 0 Å². The molecule has 0 aliphatic carbocycles. The lowest BCUT2D eigenvalue weighted by Crippen LogP contribution is -1.87. The molecule has 0 saturated carbocycles. The summed E-state index contributed by atoms with van der Waals surface area (Å²) in [6.45, 7) is 0. The zero-order valence-corrected chi connectivity index (χ0v) is 24.8. The van der Waals surface area contributed by atoms with E-state index in [0.717, 1.165) is 47.0 Å². The quantitative estimate of drug-likeness (QED) is 0.148. The van der Waals surface area contributed by atoms with Gasteiger partial charge < -0.3 is 4.42 Å². The minimum Gasteiger partial charge on any atom is -0.456 e. The predicted molar refractivity (Wildman–Crippen MR) is 179 cm³/mol. The molecule has 0 aliphatic heterocycles. The fourth-order valence-corrected chi connectivity index (χ4v) is 8.10. The lowest BCUT2D eigenvalue weighted by Gasteiger charge is -2.14. The Morgan fingerprint density at radius 2 is 1.00 bits per heavy atom. The molecule has 1 aromatic heterocycles. The first-order chi connectivity index (χ1) is 19.6. The van der Waals surface area contributed by atoms with Crippen molar-refractivity contribution in [2.75, 3.05) is 0 Å². The molecule has 0 aliphatic rings. The van der Waals surface area contributed by atoms with Crippen LogP contribution in [0.1, 0.15) is 0 Å². The highest BCUT2D eigenvalue weighted by Gasteiger charge is 2.21. The van der Waals surface area contributed by atoms with Crippen LogP contribution in [-0.2, 0) is 0 Å². The van der Waals surface area contributed by atoms with Gasteiger partial charge in [-0.2, -0.15) is 0 Å². The van der Waals surface area contributed by atoms with Crippen molar-refractivity contribution in [3.8, 4) is 0 Å². The minimum atomic E-state index is 0.680. The molecule has 188 valence electrons. The first-order valence-corrected chi connectivity index (χ1v) is 15.1. The third-order valence-electron chi connectivity index (χ3n) is 8.38. The van der Waals surface area contributed by atoms with Gasteiger partial charge in [0.15, 0.2) is 0 Å². The van der Waals surface area contributed by atoms with E-state index in [1.807, 2.05) is 6.07 Å². The molecular formula is C36H17Br2ClO. The molecule has 1 heterocycles. The maximum atomic E-state index is 7.01. The van der Waals surface area contributed by atoms with Gasteiger partial charge in [0.05, 0.1) is 5.02 Å². The predicted octanol–water partition coefficient (Wildman–Crippen LogP) is 12.7. The molecule has 8 aromatic carbocycles. The van der Waals surface area contributed by atoms with Crippen LogP contribution < -0.4 is 0 Å². The van der Waals surface area contributed by atoms with Gasteiger partial charge in [0.25, 0.3) is 0 Å². The minimum absolute atomic E-state index is 0.680. The lowest BCUT2D eigenvalue weighted by atomic mass is 9.90. The van der Waals surface area contributed by atoms with Crippen LogP contribution in [0.25, 0.3) is 86.6 Å². The smallest absolute Gasteiger partial charge is 0.137 e. The number of furan rings is 1. The van der Waals surface area contributed by atoms with Crippen LogP contribution in [0.4, 0.5) is 0 Å². The zero-order valence-electron chi connectivity index (χ0n) is 20.9. The standard InChI is InChI=1S/C36H17Br2ClO/c37-26-15-20-11-14-29-35(31(20)32-21-7-3-1-5-18(21)9-12-23(26)32)36-30(40-29)17-28(39)25-16-27(38)24-13-10-19-6-2-4-8-22(19)33(24)34(25)36/h1-17H. The van der Waals surface area contributed by atoms with Gasteiger partial charge in [-0.15, -0.1) is 0 Å². The van der Waals surface area contributed by atoms with Gasteiger partial charge in [0.1, 0.15) is 11.2 Å². The van der Waals surface area contributed by atoms with E-state index in [1.54, 1.807) is 0 Å². The van der Waals surface area contributed by atoms with Crippen molar-refractivity contribution in [2.24, 2.45) is 0 Å². The molecule has 0 spiro atoms. The van der Waals surface area contributed by atoms with E-state index in [9.17, 15) is 0 Å². The number of benzene rings is 8. The molecule has 4 heteroatoms. The highest BCUT2D eigenvalue weighted by Crippen LogP contribution is 2.49. The van der Waals surface area contributed by atoms with Crippen molar-refractivity contribution in [3.05, 3.63) is 117 Å². The summed E-state index contributed by atoms with van der Waals surface area (Å²) in [5, 5.41) is 17.0. The Bertz CT molecular complexity index is 2580. The van der Waals surface area contributed by atoms with Crippen LogP contribution in [0.2, 0.25) is 5.02 Å². The fraction of sp³-hybridized carbons (Fsp3) is 0. The Morgan fingerprint density at radius 3 is 1.70 bits per heavy atom. The molecule has 0 amide bonds. The largest absolute Gasteiger partial charge is 0.456 e. The second kappa shape index (κ2) is 8.20. The van der Waals surface area contributed by atoms with Crippen LogP contribution in [0.3, 0.4) is 0 Å². The molecule has 0 unspecified atom stereocenters. The van der Waals surface area contributed by atoms with E-state index in [2.05, 4.69) is 129 Å². The number of hydrogen-bond donors (Lipinski definition) is 0. The van der Waals surface area contributed by atoms with Gasteiger partial charge in [-0.1, -0.05) is 122 Å². The van der Waals surface area contributed by atoms with Crippen LogP contribution in [0, 0.1) is 0 Å². The number of rotatable bonds is 0. The van der Waals surface area contributed by atoms with Gasteiger partial charge in [0, 0.05) is 41.9 Å². The summed E-state index contributed by atoms with van der Waals surface area (Å²) < 4.78 is 8.74. The van der Waals surface area contributed by atoms with Crippen molar-refractivity contribution in [2.45, 2.75) is 0 Å². The summed E-state index contributed by atoms with van der Waals surface area (Å²) in [6.07, 6.45) is 0. The van der Waals surface area contributed by atoms with E-state index in [4.69, 9.17) is 16.0 Å². The number of hydrogen-bond acceptors (Lipinski definition) is 1. The average Bonchev–Trinajstić information content (AvgIpc) is 3.35. The Labute approximate surface area is 250 Å². The van der Waals surface area contributed by atoms with Gasteiger partial charge >= 0.3 is 0 Å². The molecule has 0 atom stereocenters. The fourth-order valence-electron chi connectivity index (χ4n) is 6.71. The monoisotopic (exact) mass is 658 g/mol. The SMILES string of the molecule is Clc1cc2oc3ccc4cc(Br)c5ccc6ccccc6c5c4c3c2c2c1cc(Br)c1ccc3ccccc3c12. The lowest BCUT2D eigenvalue weighted by molar-refractivity contribution is 0.669. The molecule has 0 radical (unpaired) electrons. The summed E-state index contributed by atoms with van der Waals surface area (Å²) in [5.41, 5.74) is 1.66. The molecule has 9 aromatic rings. The van der Waals surface area contributed by atoms with Gasteiger partial charge in [-0.05, 0) is 66.7 Å². The molecule has 0 bridgehead atoms. The second-order valence-corrected chi connectivity index (χ2v) is 12.5. The molecule has 1 nitrogen and oxygen atoms in total. The molecule has 0 fully saturated rings. The highest BCUT2D eigenvalue weighted by molar-refractivity contribution is 9.11. The molecular weight excluding hydrogens is 644 g/mol. The Kier molecular flexibility index (Phi) is 4.74. The Hall–Kier alpha value is -3.63. The van der Waals surface area contributed by atoms with E-state index in [-0.39, 0.29) is 0 Å². The average molecular weight is 661 g/mol. The van der Waals surface area contributed by atoms with Crippen LogP contribution in [-0.4, -0.2) is 0 Å². The van der Waals surface area contributed by atoms with Crippen molar-refractivity contribution >= 4 is 130 Å². The topological polar surface area (TPSA) is 13.1 Å². The first kappa shape index (κ1) is 23.1. The normalized spacial score (nSPS) is 12.4. The summed E-state index contributed by atoms with van der Waals surface area (Å²) in [5.74, 6) is 0. The maximum absolute atomic E-state index is 7.01. The van der Waals surface area contributed by atoms with E-state index in [0.29, 0.717) is 5.02 Å². The molecule has 9 rings (SSSR count). The zero-order chi connectivity index (χ0) is 26.7. The van der Waals surface area contributed by atoms with Gasteiger partial charge in [-0.25, -0.2) is 0 Å². The van der Waals surface area contributed by atoms with Crippen LogP contribution in [0.15, 0.2) is 116 Å². The van der Waals surface area contributed by atoms with E-state index in [1.165, 1.54) is 48.5 Å². The third-order valence-corrected chi connectivity index (χ3v) is 10.0. The summed E-state index contributed by atoms with van der Waals surface area (Å²) >= 11 is 14.8.